The maximum atomic E-state index is 12.1. The third-order valence-corrected chi connectivity index (χ3v) is 3.42. The lowest BCUT2D eigenvalue weighted by Crippen LogP contribution is -2.06. The number of pyridine rings is 1. The Hall–Kier alpha value is -2.60. The number of nitrogens with one attached hydrogen (secondary N) is 1. The van der Waals surface area contributed by atoms with Gasteiger partial charge in [-0.1, -0.05) is 39.0 Å². The Labute approximate surface area is 123 Å². The van der Waals surface area contributed by atoms with Crippen LogP contribution in [0.5, 0.6) is 0 Å². The van der Waals surface area contributed by atoms with Crippen molar-refractivity contribution in [1.82, 2.24) is 4.98 Å². The first-order chi connectivity index (χ1) is 10.2. The van der Waals surface area contributed by atoms with Crippen molar-refractivity contribution in [2.45, 2.75) is 27.2 Å². The first kappa shape index (κ1) is 14.8. The smallest absolute Gasteiger partial charge is 0.256 e. The fourth-order valence-electron chi connectivity index (χ4n) is 2.38. The normalized spacial score (nSPS) is 10.0. The molecule has 0 saturated carbocycles. The van der Waals surface area contributed by atoms with E-state index in [-0.39, 0.29) is 5.56 Å². The van der Waals surface area contributed by atoms with Crippen LogP contribution in [0.4, 0.5) is 0 Å². The predicted octanol–water partition coefficient (Wildman–Crippen LogP) is 4.14. The number of aryl methyl sites for hydroxylation is 1. The summed E-state index contributed by atoms with van der Waals surface area (Å²) in [6.07, 6.45) is 0.904. The van der Waals surface area contributed by atoms with Crippen LogP contribution in [0, 0.1) is 11.3 Å². The number of rotatable bonds is 1. The van der Waals surface area contributed by atoms with Crippen LogP contribution in [-0.4, -0.2) is 4.98 Å². The minimum atomic E-state index is -0.104. The molecule has 0 fully saturated rings. The Morgan fingerprint density at radius 3 is 2.43 bits per heavy atom. The highest BCUT2D eigenvalue weighted by Crippen LogP contribution is 2.23. The van der Waals surface area contributed by atoms with Crippen LogP contribution >= 0.6 is 0 Å². The average Bonchev–Trinajstić information content (AvgIpc) is 2.56. The molecule has 2 aromatic carbocycles. The van der Waals surface area contributed by atoms with Crippen LogP contribution < -0.4 is 5.56 Å². The van der Waals surface area contributed by atoms with Crippen LogP contribution in [0.25, 0.3) is 21.7 Å². The molecule has 0 unspecified atom stereocenters. The van der Waals surface area contributed by atoms with Crippen molar-refractivity contribution in [1.29, 1.82) is 5.26 Å². The highest BCUT2D eigenvalue weighted by atomic mass is 16.1. The zero-order chi connectivity index (χ0) is 15.4. The summed E-state index contributed by atoms with van der Waals surface area (Å²) < 4.78 is 0. The fraction of sp³-hybridized carbons (Fsp3) is 0.222. The van der Waals surface area contributed by atoms with Gasteiger partial charge in [0.25, 0.3) is 5.56 Å². The van der Waals surface area contributed by atoms with E-state index in [4.69, 9.17) is 5.26 Å². The van der Waals surface area contributed by atoms with Crippen molar-refractivity contribution >= 4 is 21.7 Å². The Morgan fingerprint density at radius 1 is 1.05 bits per heavy atom. The number of fused-ring (bicyclic) bond motifs is 3. The third kappa shape index (κ3) is 2.66. The number of aromatic amines is 1. The van der Waals surface area contributed by atoms with Gasteiger partial charge in [-0.05, 0) is 35.6 Å². The summed E-state index contributed by atoms with van der Waals surface area (Å²) in [5.74, 6) is 0. The first-order valence-corrected chi connectivity index (χ1v) is 7.21. The molecule has 3 rings (SSSR count). The summed E-state index contributed by atoms with van der Waals surface area (Å²) in [5.41, 5.74) is 2.30. The SMILES string of the molecule is CC.CCc1ccc2c(c1)c(=O)[nH]c1cc(C#N)ccc12. The molecule has 3 nitrogen and oxygen atoms in total. The Morgan fingerprint density at radius 2 is 1.76 bits per heavy atom. The van der Waals surface area contributed by atoms with Crippen LogP contribution in [-0.2, 0) is 6.42 Å². The maximum absolute atomic E-state index is 12.1. The quantitative estimate of drug-likeness (QED) is 0.680. The van der Waals surface area contributed by atoms with Gasteiger partial charge < -0.3 is 4.98 Å². The number of hydrogen-bond donors (Lipinski definition) is 1. The van der Waals surface area contributed by atoms with Crippen LogP contribution in [0.15, 0.2) is 41.2 Å². The van der Waals surface area contributed by atoms with E-state index < -0.39 is 0 Å². The second-order valence-corrected chi connectivity index (χ2v) is 4.56. The van der Waals surface area contributed by atoms with E-state index in [0.29, 0.717) is 16.5 Å². The molecule has 1 N–H and O–H groups in total. The number of hydrogen-bond acceptors (Lipinski definition) is 2. The van der Waals surface area contributed by atoms with Crippen molar-refractivity contribution < 1.29 is 0 Å². The molecule has 0 aliphatic rings. The molecule has 21 heavy (non-hydrogen) atoms. The zero-order valence-electron chi connectivity index (χ0n) is 12.5. The highest BCUT2D eigenvalue weighted by molar-refractivity contribution is 6.05. The van der Waals surface area contributed by atoms with Gasteiger partial charge in [0.2, 0.25) is 0 Å². The molecule has 0 spiro atoms. The van der Waals surface area contributed by atoms with E-state index in [0.717, 1.165) is 22.8 Å². The van der Waals surface area contributed by atoms with Gasteiger partial charge in [0.15, 0.2) is 0 Å². The van der Waals surface area contributed by atoms with Crippen molar-refractivity contribution in [3.63, 3.8) is 0 Å². The molecule has 0 saturated heterocycles. The van der Waals surface area contributed by atoms with Crippen molar-refractivity contribution in [2.75, 3.05) is 0 Å². The van der Waals surface area contributed by atoms with Crippen molar-refractivity contribution in [3.05, 3.63) is 57.9 Å². The maximum Gasteiger partial charge on any atom is 0.256 e. The van der Waals surface area contributed by atoms with E-state index in [9.17, 15) is 4.79 Å². The molecule has 0 atom stereocenters. The Balaban J connectivity index is 0.000000774. The molecular formula is C18H18N2O. The van der Waals surface area contributed by atoms with E-state index in [1.807, 2.05) is 38.1 Å². The molecule has 0 aliphatic heterocycles. The number of benzene rings is 2. The van der Waals surface area contributed by atoms with Gasteiger partial charge in [0.05, 0.1) is 17.1 Å². The van der Waals surface area contributed by atoms with Crippen molar-refractivity contribution in [2.24, 2.45) is 0 Å². The molecule has 0 radical (unpaired) electrons. The minimum Gasteiger partial charge on any atom is -0.321 e. The number of H-pyrrole nitrogens is 1. The summed E-state index contributed by atoms with van der Waals surface area (Å²) in [7, 11) is 0. The van der Waals surface area contributed by atoms with Gasteiger partial charge in [-0.3, -0.25) is 4.79 Å². The molecular weight excluding hydrogens is 260 g/mol. The number of nitrogens with zero attached hydrogens (tertiary/aromatic N) is 1. The molecule has 1 heterocycles. The van der Waals surface area contributed by atoms with Gasteiger partial charge in [-0.2, -0.15) is 5.26 Å². The largest absolute Gasteiger partial charge is 0.321 e. The summed E-state index contributed by atoms with van der Waals surface area (Å²) >= 11 is 0. The average molecular weight is 278 g/mol. The molecule has 0 aliphatic carbocycles. The summed E-state index contributed by atoms with van der Waals surface area (Å²) in [4.78, 5) is 15.0. The standard InChI is InChI=1S/C16H12N2O.C2H6/c1-2-10-3-5-12-13-6-4-11(9-17)8-15(13)18-16(19)14(12)7-10;1-2/h3-8H,2H2,1H3,(H,18,19);1-2H3. The van der Waals surface area contributed by atoms with E-state index in [2.05, 4.69) is 18.0 Å². The summed E-state index contributed by atoms with van der Waals surface area (Å²) in [6, 6.07) is 13.4. The van der Waals surface area contributed by atoms with E-state index >= 15 is 0 Å². The van der Waals surface area contributed by atoms with E-state index in [1.54, 1.807) is 12.1 Å². The van der Waals surface area contributed by atoms with Crippen LogP contribution in [0.3, 0.4) is 0 Å². The molecule has 0 amide bonds. The van der Waals surface area contributed by atoms with Gasteiger partial charge >= 0.3 is 0 Å². The molecule has 0 bridgehead atoms. The minimum absolute atomic E-state index is 0.104. The lowest BCUT2D eigenvalue weighted by Gasteiger charge is -2.05. The topological polar surface area (TPSA) is 56.6 Å². The molecule has 106 valence electrons. The Bertz CT molecular complexity index is 885. The van der Waals surface area contributed by atoms with Gasteiger partial charge in [-0.15, -0.1) is 0 Å². The third-order valence-electron chi connectivity index (χ3n) is 3.42. The second-order valence-electron chi connectivity index (χ2n) is 4.56. The van der Waals surface area contributed by atoms with E-state index in [1.165, 1.54) is 0 Å². The van der Waals surface area contributed by atoms with Crippen LogP contribution in [0.1, 0.15) is 31.9 Å². The summed E-state index contributed by atoms with van der Waals surface area (Å²) in [5, 5.41) is 11.5. The number of aromatic nitrogens is 1. The zero-order valence-corrected chi connectivity index (χ0v) is 12.5. The second kappa shape index (κ2) is 6.23. The number of nitriles is 1. The Kier molecular flexibility index (Phi) is 4.39. The molecule has 3 heteroatoms. The highest BCUT2D eigenvalue weighted by Gasteiger charge is 2.06. The lowest BCUT2D eigenvalue weighted by molar-refractivity contribution is 1.14. The van der Waals surface area contributed by atoms with Gasteiger partial charge in [0.1, 0.15) is 0 Å². The lowest BCUT2D eigenvalue weighted by atomic mass is 10.0. The fourth-order valence-corrected chi connectivity index (χ4v) is 2.38. The van der Waals surface area contributed by atoms with Crippen molar-refractivity contribution in [3.8, 4) is 6.07 Å². The first-order valence-electron chi connectivity index (χ1n) is 7.21. The van der Waals surface area contributed by atoms with Gasteiger partial charge in [0, 0.05) is 10.8 Å². The molecule has 3 aromatic rings. The molecule has 1 aromatic heterocycles. The van der Waals surface area contributed by atoms with Crippen LogP contribution in [0.2, 0.25) is 0 Å². The predicted molar refractivity (Wildman–Crippen MR) is 87.5 cm³/mol. The van der Waals surface area contributed by atoms with Gasteiger partial charge in [-0.25, -0.2) is 0 Å². The summed E-state index contributed by atoms with van der Waals surface area (Å²) in [6.45, 7) is 6.07. The monoisotopic (exact) mass is 278 g/mol.